The third kappa shape index (κ3) is 4.17. The van der Waals surface area contributed by atoms with Gasteiger partial charge in [-0.3, -0.25) is 14.4 Å². The lowest BCUT2D eigenvalue weighted by molar-refractivity contribution is -0.154. The number of ketones is 1. The second-order valence-corrected chi connectivity index (χ2v) is 9.48. The molecule has 0 aliphatic carbocycles. The Labute approximate surface area is 220 Å². The van der Waals surface area contributed by atoms with E-state index in [0.29, 0.717) is 37.2 Å². The van der Waals surface area contributed by atoms with Gasteiger partial charge in [0.2, 0.25) is 5.91 Å². The number of hydrogen-bond acceptors (Lipinski definition) is 6. The highest BCUT2D eigenvalue weighted by atomic mass is 16.5. The zero-order valence-corrected chi connectivity index (χ0v) is 21.3. The summed E-state index contributed by atoms with van der Waals surface area (Å²) in [7, 11) is 0. The van der Waals surface area contributed by atoms with Gasteiger partial charge in [0.05, 0.1) is 23.6 Å². The number of rotatable bonds is 8. The minimum atomic E-state index is -1.46. The molecule has 9 nitrogen and oxygen atoms in total. The molecule has 1 saturated heterocycles. The molecule has 0 bridgehead atoms. The number of nitrogens with zero attached hydrogens (tertiary/aromatic N) is 3. The second-order valence-electron chi connectivity index (χ2n) is 9.48. The first-order valence-corrected chi connectivity index (χ1v) is 12.9. The molecule has 38 heavy (non-hydrogen) atoms. The standard InChI is InChI=1S/C29H29N3O6/c1-3-9-22-30-21-14-15-31-25(26(33)23(27(31)34)29(37)38-4-2)24(21)32(22)16-17-10-5-6-11-18(17)19-12-7-8-13-20(19)28(35)36/h5-8,10-13,23,25H,3-4,9,14-16H2,1-2H3,(H,35,36). The first-order valence-electron chi connectivity index (χ1n) is 12.9. The Morgan fingerprint density at radius 3 is 2.47 bits per heavy atom. The quantitative estimate of drug-likeness (QED) is 0.361. The summed E-state index contributed by atoms with van der Waals surface area (Å²) in [5.74, 6) is -3.50. The summed E-state index contributed by atoms with van der Waals surface area (Å²) in [6.07, 6.45) is 1.97. The second kappa shape index (κ2) is 10.2. The van der Waals surface area contributed by atoms with Crippen molar-refractivity contribution in [3.63, 3.8) is 0 Å². The maximum atomic E-state index is 13.5. The highest BCUT2D eigenvalue weighted by Crippen LogP contribution is 2.40. The molecule has 1 amide bonds. The SMILES string of the molecule is CCCc1nc2c(n1Cc1ccccc1-c1ccccc1C(=O)O)C1C(=O)C(C(=O)OCC)C(=O)N1CC2. The minimum absolute atomic E-state index is 0.0823. The predicted octanol–water partition coefficient (Wildman–Crippen LogP) is 3.44. The summed E-state index contributed by atoms with van der Waals surface area (Å²) in [6.45, 7) is 4.40. The Kier molecular flexibility index (Phi) is 6.84. The van der Waals surface area contributed by atoms with E-state index in [-0.39, 0.29) is 12.2 Å². The van der Waals surface area contributed by atoms with Gasteiger partial charge >= 0.3 is 11.9 Å². The summed E-state index contributed by atoms with van der Waals surface area (Å²) in [5, 5.41) is 9.78. The van der Waals surface area contributed by atoms with Gasteiger partial charge in [-0.05, 0) is 36.1 Å². The highest BCUT2D eigenvalue weighted by molar-refractivity contribution is 6.22. The number of amides is 1. The number of ether oxygens (including phenoxy) is 1. The van der Waals surface area contributed by atoms with Crippen LogP contribution in [0.25, 0.3) is 11.1 Å². The van der Waals surface area contributed by atoms with E-state index in [1.807, 2.05) is 35.8 Å². The number of esters is 1. The van der Waals surface area contributed by atoms with Crippen LogP contribution in [0.5, 0.6) is 0 Å². The third-order valence-electron chi connectivity index (χ3n) is 7.20. The van der Waals surface area contributed by atoms with E-state index in [2.05, 4.69) is 0 Å². The van der Waals surface area contributed by atoms with Crippen molar-refractivity contribution in [2.24, 2.45) is 5.92 Å². The molecule has 0 saturated carbocycles. The van der Waals surface area contributed by atoms with Crippen LogP contribution in [0, 0.1) is 5.92 Å². The van der Waals surface area contributed by atoms with Crippen LogP contribution in [0.15, 0.2) is 48.5 Å². The number of carboxylic acid groups (broad SMARTS) is 1. The van der Waals surface area contributed by atoms with E-state index in [4.69, 9.17) is 9.72 Å². The molecule has 5 rings (SSSR count). The molecule has 1 N–H and O–H groups in total. The normalized spacial score (nSPS) is 18.3. The van der Waals surface area contributed by atoms with Crippen LogP contribution < -0.4 is 0 Å². The smallest absolute Gasteiger partial charge is 0.336 e. The monoisotopic (exact) mass is 515 g/mol. The lowest BCUT2D eigenvalue weighted by Gasteiger charge is -2.29. The fourth-order valence-corrected chi connectivity index (χ4v) is 5.56. The Hall–Kier alpha value is -4.27. The van der Waals surface area contributed by atoms with Crippen molar-refractivity contribution in [2.45, 2.75) is 45.7 Å². The number of benzene rings is 2. The van der Waals surface area contributed by atoms with Gasteiger partial charge in [0.15, 0.2) is 11.7 Å². The molecule has 2 atom stereocenters. The number of aromatic nitrogens is 2. The molecule has 0 radical (unpaired) electrons. The van der Waals surface area contributed by atoms with Crippen molar-refractivity contribution in [2.75, 3.05) is 13.2 Å². The molecular weight excluding hydrogens is 486 g/mol. The van der Waals surface area contributed by atoms with Crippen molar-refractivity contribution < 1.29 is 29.0 Å². The maximum Gasteiger partial charge on any atom is 0.336 e. The van der Waals surface area contributed by atoms with E-state index in [9.17, 15) is 24.3 Å². The molecule has 3 heterocycles. The minimum Gasteiger partial charge on any atom is -0.478 e. The number of hydrogen-bond donors (Lipinski definition) is 1. The molecule has 3 aromatic rings. The molecule has 1 fully saturated rings. The number of carbonyl (C=O) groups excluding carboxylic acids is 3. The fraction of sp³-hybridized carbons (Fsp3) is 0.345. The van der Waals surface area contributed by atoms with Gasteiger partial charge in [-0.2, -0.15) is 0 Å². The Bertz CT molecular complexity index is 1440. The van der Waals surface area contributed by atoms with E-state index in [1.165, 1.54) is 4.90 Å². The van der Waals surface area contributed by atoms with E-state index in [1.54, 1.807) is 31.2 Å². The molecule has 2 unspecified atom stereocenters. The molecular formula is C29H29N3O6. The summed E-state index contributed by atoms with van der Waals surface area (Å²) >= 11 is 0. The van der Waals surface area contributed by atoms with Gasteiger partial charge in [0.25, 0.3) is 0 Å². The fourth-order valence-electron chi connectivity index (χ4n) is 5.56. The van der Waals surface area contributed by atoms with Crippen molar-refractivity contribution in [1.82, 2.24) is 14.5 Å². The summed E-state index contributed by atoms with van der Waals surface area (Å²) in [5.41, 5.74) is 3.80. The van der Waals surface area contributed by atoms with Gasteiger partial charge in [0.1, 0.15) is 11.9 Å². The first kappa shape index (κ1) is 25.4. The zero-order chi connectivity index (χ0) is 27.0. The zero-order valence-electron chi connectivity index (χ0n) is 21.3. The summed E-state index contributed by atoms with van der Waals surface area (Å²) in [4.78, 5) is 57.5. The lowest BCUT2D eigenvalue weighted by atomic mass is 9.94. The van der Waals surface area contributed by atoms with Crippen LogP contribution in [-0.4, -0.2) is 56.3 Å². The van der Waals surface area contributed by atoms with E-state index >= 15 is 0 Å². The molecule has 196 valence electrons. The Balaban J connectivity index is 1.62. The topological polar surface area (TPSA) is 119 Å². The molecule has 2 aliphatic rings. The average molecular weight is 516 g/mol. The summed E-state index contributed by atoms with van der Waals surface area (Å²) in [6, 6.07) is 13.5. The van der Waals surface area contributed by atoms with Crippen LogP contribution in [0.2, 0.25) is 0 Å². The van der Waals surface area contributed by atoms with Crippen molar-refractivity contribution in [1.29, 1.82) is 0 Å². The van der Waals surface area contributed by atoms with Gasteiger partial charge in [-0.15, -0.1) is 0 Å². The number of aryl methyl sites for hydroxylation is 1. The van der Waals surface area contributed by atoms with Crippen LogP contribution in [0.1, 0.15) is 59.4 Å². The molecule has 9 heteroatoms. The third-order valence-corrected chi connectivity index (χ3v) is 7.20. The van der Waals surface area contributed by atoms with Gasteiger partial charge < -0.3 is 19.3 Å². The highest BCUT2D eigenvalue weighted by Gasteiger charge is 2.55. The van der Waals surface area contributed by atoms with Crippen LogP contribution in [0.4, 0.5) is 0 Å². The molecule has 0 spiro atoms. The largest absolute Gasteiger partial charge is 0.478 e. The Morgan fingerprint density at radius 1 is 1.05 bits per heavy atom. The van der Waals surface area contributed by atoms with Gasteiger partial charge in [-0.1, -0.05) is 49.4 Å². The number of carbonyl (C=O) groups is 4. The number of aromatic carboxylic acids is 1. The Morgan fingerprint density at radius 2 is 1.76 bits per heavy atom. The molecule has 1 aromatic heterocycles. The number of carboxylic acids is 1. The lowest BCUT2D eigenvalue weighted by Crippen LogP contribution is -2.37. The van der Waals surface area contributed by atoms with Crippen molar-refractivity contribution >= 4 is 23.6 Å². The van der Waals surface area contributed by atoms with Crippen LogP contribution in [-0.2, 0) is 38.5 Å². The molecule has 2 aromatic carbocycles. The summed E-state index contributed by atoms with van der Waals surface area (Å²) < 4.78 is 7.03. The maximum absolute atomic E-state index is 13.5. The van der Waals surface area contributed by atoms with E-state index in [0.717, 1.165) is 29.1 Å². The van der Waals surface area contributed by atoms with Crippen LogP contribution >= 0.6 is 0 Å². The van der Waals surface area contributed by atoms with E-state index < -0.39 is 35.6 Å². The number of Topliss-reactive ketones (excluding diaryl/α,β-unsaturated/α-hetero) is 1. The van der Waals surface area contributed by atoms with Crippen LogP contribution in [0.3, 0.4) is 0 Å². The number of fused-ring (bicyclic) bond motifs is 3. The first-order chi connectivity index (χ1) is 18.4. The van der Waals surface area contributed by atoms with Gasteiger partial charge in [0, 0.05) is 25.9 Å². The molecule has 2 aliphatic heterocycles. The predicted molar refractivity (Wildman–Crippen MR) is 137 cm³/mol. The van der Waals surface area contributed by atoms with Gasteiger partial charge in [-0.25, -0.2) is 9.78 Å². The number of imidazole rings is 1. The van der Waals surface area contributed by atoms with Crippen molar-refractivity contribution in [3.8, 4) is 11.1 Å². The van der Waals surface area contributed by atoms with Crippen molar-refractivity contribution in [3.05, 3.63) is 76.9 Å². The average Bonchev–Trinajstić information content (AvgIpc) is 3.38.